The summed E-state index contributed by atoms with van der Waals surface area (Å²) in [4.78, 5) is 11.6. The highest BCUT2D eigenvalue weighted by Gasteiger charge is 2.34. The molecule has 0 atom stereocenters. The number of carboxylic acids is 1. The van der Waals surface area contributed by atoms with Crippen molar-refractivity contribution in [3.8, 4) is 0 Å². The quantitative estimate of drug-likeness (QED) is 0.608. The second kappa shape index (κ2) is 7.88. The average molecular weight is 376 g/mol. The van der Waals surface area contributed by atoms with E-state index in [2.05, 4.69) is 0 Å². The Kier molecular flexibility index (Phi) is 6.05. The molecule has 7 heteroatoms. The van der Waals surface area contributed by atoms with Crippen LogP contribution in [-0.4, -0.2) is 49.4 Å². The third kappa shape index (κ3) is 4.05. The molecular formula is C19H24N2O4S. The van der Waals surface area contributed by atoms with Crippen LogP contribution < -0.4 is 0 Å². The summed E-state index contributed by atoms with van der Waals surface area (Å²) in [6.45, 7) is 3.80. The van der Waals surface area contributed by atoms with Crippen molar-refractivity contribution in [1.82, 2.24) is 10.0 Å². The van der Waals surface area contributed by atoms with Crippen LogP contribution in [0, 0.1) is 0 Å². The Balaban J connectivity index is 2.80. The van der Waals surface area contributed by atoms with Crippen LogP contribution in [-0.2, 0) is 14.6 Å². The number of fused-ring (bicyclic) bond motifs is 1. The fourth-order valence-corrected chi connectivity index (χ4v) is 4.72. The van der Waals surface area contributed by atoms with Crippen molar-refractivity contribution in [2.24, 2.45) is 0 Å². The van der Waals surface area contributed by atoms with Crippen molar-refractivity contribution in [2.45, 2.75) is 25.2 Å². The van der Waals surface area contributed by atoms with Crippen LogP contribution in [0.25, 0.3) is 5.70 Å². The average Bonchev–Trinajstić information content (AvgIpc) is 2.55. The molecule has 1 aliphatic heterocycles. The topological polar surface area (TPSA) is 77.9 Å². The summed E-state index contributed by atoms with van der Waals surface area (Å²) >= 11 is 0. The van der Waals surface area contributed by atoms with Gasteiger partial charge in [0.25, 0.3) is 0 Å². The molecule has 1 aromatic carbocycles. The second-order valence-corrected chi connectivity index (χ2v) is 8.23. The van der Waals surface area contributed by atoms with E-state index in [-0.39, 0.29) is 17.1 Å². The van der Waals surface area contributed by atoms with Gasteiger partial charge in [-0.3, -0.25) is 9.80 Å². The van der Waals surface area contributed by atoms with Gasteiger partial charge in [0, 0.05) is 25.4 Å². The van der Waals surface area contributed by atoms with Crippen LogP contribution in [0.15, 0.2) is 58.7 Å². The largest absolute Gasteiger partial charge is 0.481 e. The Morgan fingerprint density at radius 1 is 1.27 bits per heavy atom. The van der Waals surface area contributed by atoms with Gasteiger partial charge in [-0.05, 0) is 31.6 Å². The van der Waals surface area contributed by atoms with Crippen LogP contribution in [0.5, 0.6) is 0 Å². The first-order chi connectivity index (χ1) is 12.2. The maximum atomic E-state index is 12.7. The number of carboxylic acid groups (broad SMARTS) is 1. The fraction of sp³-hybridized carbons (Fsp3) is 0.316. The summed E-state index contributed by atoms with van der Waals surface area (Å²) in [5, 5.41) is 13.0. The maximum absolute atomic E-state index is 12.7. The lowest BCUT2D eigenvalue weighted by Crippen LogP contribution is -2.37. The molecule has 0 amide bonds. The third-order valence-electron chi connectivity index (χ3n) is 4.02. The van der Waals surface area contributed by atoms with Crippen molar-refractivity contribution in [1.29, 1.82) is 0 Å². The zero-order valence-corrected chi connectivity index (χ0v) is 16.2. The normalized spacial score (nSPS) is 16.9. The predicted octanol–water partition coefficient (Wildman–Crippen LogP) is 2.92. The predicted molar refractivity (Wildman–Crippen MR) is 102 cm³/mol. The summed E-state index contributed by atoms with van der Waals surface area (Å²) in [6.07, 6.45) is 5.35. The Labute approximate surface area is 154 Å². The molecule has 6 nitrogen and oxygen atoms in total. The lowest BCUT2D eigenvalue weighted by Gasteiger charge is -2.37. The molecule has 0 bridgehead atoms. The van der Waals surface area contributed by atoms with Gasteiger partial charge < -0.3 is 5.11 Å². The Bertz CT molecular complexity index is 896. The SMILES string of the molecule is CC=CC=C(C)N(C1=C(CC(=O)O)CS(=O)(=O)c2ccccc21)N(C)C. The minimum Gasteiger partial charge on any atom is -0.481 e. The van der Waals surface area contributed by atoms with E-state index in [0.29, 0.717) is 16.8 Å². The van der Waals surface area contributed by atoms with Gasteiger partial charge in [-0.25, -0.2) is 13.4 Å². The van der Waals surface area contributed by atoms with Crippen molar-refractivity contribution in [2.75, 3.05) is 19.8 Å². The number of nitrogens with zero attached hydrogens (tertiary/aromatic N) is 2. The van der Waals surface area contributed by atoms with Crippen molar-refractivity contribution >= 4 is 21.5 Å². The molecular weight excluding hydrogens is 352 g/mol. The first kappa shape index (κ1) is 19.9. The molecule has 1 heterocycles. The van der Waals surface area contributed by atoms with Crippen LogP contribution in [0.2, 0.25) is 0 Å². The zero-order valence-electron chi connectivity index (χ0n) is 15.4. The van der Waals surface area contributed by atoms with Gasteiger partial charge in [-0.2, -0.15) is 0 Å². The highest BCUT2D eigenvalue weighted by atomic mass is 32.2. The molecule has 0 unspecified atom stereocenters. The minimum atomic E-state index is -3.57. The van der Waals surface area contributed by atoms with E-state index in [0.717, 1.165) is 5.70 Å². The van der Waals surface area contributed by atoms with Crippen LogP contribution in [0.1, 0.15) is 25.8 Å². The Morgan fingerprint density at radius 3 is 2.50 bits per heavy atom. The van der Waals surface area contributed by atoms with E-state index in [4.69, 9.17) is 0 Å². The summed E-state index contributed by atoms with van der Waals surface area (Å²) in [7, 11) is 0.103. The summed E-state index contributed by atoms with van der Waals surface area (Å²) < 4.78 is 25.3. The van der Waals surface area contributed by atoms with Gasteiger partial charge in [0.05, 0.1) is 22.8 Å². The Hall–Kier alpha value is -2.38. The lowest BCUT2D eigenvalue weighted by molar-refractivity contribution is -0.136. The lowest BCUT2D eigenvalue weighted by atomic mass is 10.0. The summed E-state index contributed by atoms with van der Waals surface area (Å²) in [5.41, 5.74) is 2.36. The van der Waals surface area contributed by atoms with E-state index >= 15 is 0 Å². The van der Waals surface area contributed by atoms with E-state index < -0.39 is 15.8 Å². The minimum absolute atomic E-state index is 0.231. The Morgan fingerprint density at radius 2 is 1.92 bits per heavy atom. The highest BCUT2D eigenvalue weighted by molar-refractivity contribution is 7.91. The number of hydrogen-bond acceptors (Lipinski definition) is 5. The van der Waals surface area contributed by atoms with Gasteiger partial charge in [-0.15, -0.1) is 0 Å². The number of hydrazine groups is 1. The third-order valence-corrected chi connectivity index (χ3v) is 5.77. The van der Waals surface area contributed by atoms with Crippen LogP contribution in [0.3, 0.4) is 0 Å². The molecule has 1 aromatic rings. The van der Waals surface area contributed by atoms with Gasteiger partial charge in [0.1, 0.15) is 0 Å². The van der Waals surface area contributed by atoms with Gasteiger partial charge in [-0.1, -0.05) is 30.4 Å². The van der Waals surface area contributed by atoms with E-state index in [1.807, 2.05) is 56.2 Å². The van der Waals surface area contributed by atoms with E-state index in [1.165, 1.54) is 0 Å². The second-order valence-electron chi connectivity index (χ2n) is 6.27. The van der Waals surface area contributed by atoms with Gasteiger partial charge in [0.2, 0.25) is 0 Å². The van der Waals surface area contributed by atoms with Crippen LogP contribution in [0.4, 0.5) is 0 Å². The molecule has 0 aromatic heterocycles. The highest BCUT2D eigenvalue weighted by Crippen LogP contribution is 2.38. The number of hydrogen-bond donors (Lipinski definition) is 1. The molecule has 1 N–H and O–H groups in total. The molecule has 0 saturated carbocycles. The number of carbonyl (C=O) groups is 1. The molecule has 2 rings (SSSR count). The van der Waals surface area contributed by atoms with Crippen molar-refractivity contribution < 1.29 is 18.3 Å². The molecule has 0 saturated heterocycles. The number of sulfone groups is 1. The first-order valence-electron chi connectivity index (χ1n) is 8.22. The molecule has 0 fully saturated rings. The van der Waals surface area contributed by atoms with Crippen molar-refractivity contribution in [3.63, 3.8) is 0 Å². The maximum Gasteiger partial charge on any atom is 0.307 e. The van der Waals surface area contributed by atoms with E-state index in [9.17, 15) is 18.3 Å². The van der Waals surface area contributed by atoms with E-state index in [1.54, 1.807) is 24.3 Å². The molecule has 140 valence electrons. The number of allylic oxidation sites excluding steroid dienone is 4. The monoisotopic (exact) mass is 376 g/mol. The zero-order chi connectivity index (χ0) is 19.5. The fourth-order valence-electron chi connectivity index (χ4n) is 3.08. The first-order valence-corrected chi connectivity index (χ1v) is 9.87. The number of aliphatic carboxylic acids is 1. The molecule has 26 heavy (non-hydrogen) atoms. The molecule has 1 aliphatic rings. The number of benzene rings is 1. The van der Waals surface area contributed by atoms with Gasteiger partial charge in [0.15, 0.2) is 9.84 Å². The van der Waals surface area contributed by atoms with Crippen LogP contribution >= 0.6 is 0 Å². The standard InChI is InChI=1S/C19H24N2O4S/c1-5-6-9-14(2)21(20(3)4)19-15(12-18(22)23)13-26(24,25)17-11-8-7-10-16(17)19/h5-11H,12-13H2,1-4H3,(H,22,23). The number of rotatable bonds is 6. The van der Waals surface area contributed by atoms with Gasteiger partial charge >= 0.3 is 5.97 Å². The summed E-state index contributed by atoms with van der Waals surface area (Å²) in [6, 6.07) is 6.74. The smallest absolute Gasteiger partial charge is 0.307 e. The van der Waals surface area contributed by atoms with Crippen molar-refractivity contribution in [3.05, 3.63) is 59.3 Å². The molecule has 0 aliphatic carbocycles. The molecule has 0 radical (unpaired) electrons. The summed E-state index contributed by atoms with van der Waals surface area (Å²) in [5.74, 6) is -1.35. The molecule has 0 spiro atoms.